The predicted molar refractivity (Wildman–Crippen MR) is 71.6 cm³/mol. The predicted octanol–water partition coefficient (Wildman–Crippen LogP) is -1.23. The highest BCUT2D eigenvalue weighted by Gasteiger charge is 2.12. The molecule has 0 aliphatic rings. The molecule has 0 radical (unpaired) electrons. The second-order valence-electron chi connectivity index (χ2n) is 4.09. The third-order valence-corrected chi connectivity index (χ3v) is 2.49. The number of hydrogen-bond acceptors (Lipinski definition) is 4. The van der Waals surface area contributed by atoms with Crippen LogP contribution >= 0.6 is 0 Å². The molecule has 0 fully saturated rings. The Morgan fingerprint density at radius 2 is 1.80 bits per heavy atom. The van der Waals surface area contributed by atoms with Crippen LogP contribution in [0.25, 0.3) is 0 Å². The van der Waals surface area contributed by atoms with E-state index >= 15 is 0 Å². The van der Waals surface area contributed by atoms with Crippen LogP contribution in [0.3, 0.4) is 0 Å². The summed E-state index contributed by atoms with van der Waals surface area (Å²) in [5.41, 5.74) is 5.34. The highest BCUT2D eigenvalue weighted by atomic mass is 16.3. The Bertz CT molecular complexity index is 476. The van der Waals surface area contributed by atoms with E-state index in [1.807, 2.05) is 0 Å². The van der Waals surface area contributed by atoms with Gasteiger partial charge in [-0.1, -0.05) is 18.2 Å². The standard InChI is InChI=1S/C13H17N3O4/c14-12(19)10(17)8-16-11(18)6-7-15-13(20)9-4-2-1-3-5-9/h1-5,10,17H,6-8H2,(H2,14,19)(H,15,20)(H,16,18). The summed E-state index contributed by atoms with van der Waals surface area (Å²) in [6.07, 6.45) is -1.36. The van der Waals surface area contributed by atoms with Gasteiger partial charge in [0.15, 0.2) is 0 Å². The number of aliphatic hydroxyl groups excluding tert-OH is 1. The van der Waals surface area contributed by atoms with Crippen LogP contribution < -0.4 is 16.4 Å². The van der Waals surface area contributed by atoms with Crippen molar-refractivity contribution in [2.75, 3.05) is 13.1 Å². The summed E-state index contributed by atoms with van der Waals surface area (Å²) >= 11 is 0. The fourth-order valence-electron chi connectivity index (χ4n) is 1.38. The number of carbonyl (C=O) groups excluding carboxylic acids is 3. The van der Waals surface area contributed by atoms with E-state index < -0.39 is 17.9 Å². The fourth-order valence-corrected chi connectivity index (χ4v) is 1.38. The molecule has 0 aliphatic heterocycles. The van der Waals surface area contributed by atoms with Gasteiger partial charge < -0.3 is 21.5 Å². The summed E-state index contributed by atoms with van der Waals surface area (Å²) < 4.78 is 0. The molecule has 1 rings (SSSR count). The van der Waals surface area contributed by atoms with Gasteiger partial charge in [0.05, 0.1) is 6.54 Å². The second kappa shape index (κ2) is 7.90. The molecule has 20 heavy (non-hydrogen) atoms. The monoisotopic (exact) mass is 279 g/mol. The van der Waals surface area contributed by atoms with Crippen LogP contribution in [0.4, 0.5) is 0 Å². The van der Waals surface area contributed by atoms with Crippen LogP contribution in [0.5, 0.6) is 0 Å². The van der Waals surface area contributed by atoms with Gasteiger partial charge in [0.2, 0.25) is 11.8 Å². The lowest BCUT2D eigenvalue weighted by Gasteiger charge is -2.09. The molecule has 0 aliphatic carbocycles. The molecule has 0 saturated carbocycles. The Morgan fingerprint density at radius 3 is 2.40 bits per heavy atom. The van der Waals surface area contributed by atoms with Gasteiger partial charge in [0.1, 0.15) is 6.10 Å². The number of primary amides is 1. The first-order chi connectivity index (χ1) is 9.50. The molecular formula is C13H17N3O4. The quantitative estimate of drug-likeness (QED) is 0.499. The first-order valence-corrected chi connectivity index (χ1v) is 6.08. The number of nitrogens with one attached hydrogen (secondary N) is 2. The molecule has 0 bridgehead atoms. The Kier molecular flexibility index (Phi) is 6.18. The van der Waals surface area contributed by atoms with Crippen molar-refractivity contribution in [3.63, 3.8) is 0 Å². The third kappa shape index (κ3) is 5.49. The van der Waals surface area contributed by atoms with Crippen LogP contribution in [-0.2, 0) is 9.59 Å². The first kappa shape index (κ1) is 15.6. The van der Waals surface area contributed by atoms with E-state index in [1.54, 1.807) is 30.3 Å². The minimum absolute atomic E-state index is 0.0457. The van der Waals surface area contributed by atoms with Crippen LogP contribution in [0.15, 0.2) is 30.3 Å². The van der Waals surface area contributed by atoms with Crippen molar-refractivity contribution < 1.29 is 19.5 Å². The van der Waals surface area contributed by atoms with Crippen LogP contribution in [0.1, 0.15) is 16.8 Å². The molecule has 0 spiro atoms. The molecule has 0 aromatic heterocycles. The number of nitrogens with two attached hydrogens (primary N) is 1. The Labute approximate surface area is 116 Å². The molecule has 3 amide bonds. The van der Waals surface area contributed by atoms with E-state index in [9.17, 15) is 14.4 Å². The summed E-state index contributed by atoms with van der Waals surface area (Å²) in [6, 6.07) is 8.62. The normalized spacial score (nSPS) is 11.4. The molecular weight excluding hydrogens is 262 g/mol. The van der Waals surface area contributed by atoms with E-state index in [0.717, 1.165) is 0 Å². The number of rotatable bonds is 7. The number of aliphatic hydroxyl groups is 1. The lowest BCUT2D eigenvalue weighted by atomic mass is 10.2. The van der Waals surface area contributed by atoms with Gasteiger partial charge in [0, 0.05) is 18.5 Å². The zero-order valence-corrected chi connectivity index (χ0v) is 10.8. The van der Waals surface area contributed by atoms with Crippen molar-refractivity contribution in [1.29, 1.82) is 0 Å². The first-order valence-electron chi connectivity index (χ1n) is 6.08. The summed E-state index contributed by atoms with van der Waals surface area (Å²) in [4.78, 5) is 33.5. The Balaban J connectivity index is 2.22. The van der Waals surface area contributed by atoms with Crippen molar-refractivity contribution in [2.45, 2.75) is 12.5 Å². The van der Waals surface area contributed by atoms with Gasteiger partial charge in [-0.15, -0.1) is 0 Å². The Hall–Kier alpha value is -2.41. The third-order valence-electron chi connectivity index (χ3n) is 2.49. The molecule has 0 heterocycles. The van der Waals surface area contributed by atoms with E-state index in [4.69, 9.17) is 10.8 Å². The average Bonchev–Trinajstić information content (AvgIpc) is 2.45. The van der Waals surface area contributed by atoms with Crippen LogP contribution in [-0.4, -0.2) is 42.0 Å². The van der Waals surface area contributed by atoms with Crippen LogP contribution in [0.2, 0.25) is 0 Å². The van der Waals surface area contributed by atoms with Crippen LogP contribution in [0, 0.1) is 0 Å². The van der Waals surface area contributed by atoms with Crippen molar-refractivity contribution >= 4 is 17.7 Å². The molecule has 108 valence electrons. The van der Waals surface area contributed by atoms with Gasteiger partial charge in [-0.3, -0.25) is 14.4 Å². The zero-order chi connectivity index (χ0) is 15.0. The number of amides is 3. The van der Waals surface area contributed by atoms with Gasteiger partial charge >= 0.3 is 0 Å². The summed E-state index contributed by atoms with van der Waals surface area (Å²) in [7, 11) is 0. The smallest absolute Gasteiger partial charge is 0.251 e. The summed E-state index contributed by atoms with van der Waals surface area (Å²) in [5.74, 6) is -1.56. The average molecular weight is 279 g/mol. The molecule has 0 saturated heterocycles. The van der Waals surface area contributed by atoms with Crippen molar-refractivity contribution in [3.8, 4) is 0 Å². The topological polar surface area (TPSA) is 122 Å². The highest BCUT2D eigenvalue weighted by molar-refractivity contribution is 5.94. The molecule has 1 aromatic rings. The van der Waals surface area contributed by atoms with Gasteiger partial charge in [-0.05, 0) is 12.1 Å². The van der Waals surface area contributed by atoms with E-state index in [0.29, 0.717) is 5.56 Å². The maximum atomic E-state index is 11.6. The van der Waals surface area contributed by atoms with Gasteiger partial charge in [0.25, 0.3) is 5.91 Å². The zero-order valence-electron chi connectivity index (χ0n) is 10.8. The van der Waals surface area contributed by atoms with Gasteiger partial charge in [-0.2, -0.15) is 0 Å². The molecule has 1 unspecified atom stereocenters. The summed E-state index contributed by atoms with van der Waals surface area (Å²) in [6.45, 7) is -0.0764. The maximum absolute atomic E-state index is 11.6. The molecule has 7 nitrogen and oxygen atoms in total. The molecule has 7 heteroatoms. The molecule has 1 aromatic carbocycles. The summed E-state index contributed by atoms with van der Waals surface area (Å²) in [5, 5.41) is 14.0. The van der Waals surface area contributed by atoms with E-state index in [-0.39, 0.29) is 25.4 Å². The van der Waals surface area contributed by atoms with Crippen molar-refractivity contribution in [3.05, 3.63) is 35.9 Å². The Morgan fingerprint density at radius 1 is 1.15 bits per heavy atom. The maximum Gasteiger partial charge on any atom is 0.251 e. The number of carbonyl (C=O) groups is 3. The largest absolute Gasteiger partial charge is 0.381 e. The number of benzene rings is 1. The second-order valence-corrected chi connectivity index (χ2v) is 4.09. The highest BCUT2D eigenvalue weighted by Crippen LogP contribution is 1.97. The molecule has 5 N–H and O–H groups in total. The van der Waals surface area contributed by atoms with Crippen molar-refractivity contribution in [2.24, 2.45) is 5.73 Å². The minimum Gasteiger partial charge on any atom is -0.381 e. The van der Waals surface area contributed by atoms with Gasteiger partial charge in [-0.25, -0.2) is 0 Å². The van der Waals surface area contributed by atoms with E-state index in [2.05, 4.69) is 10.6 Å². The van der Waals surface area contributed by atoms with E-state index in [1.165, 1.54) is 0 Å². The molecule has 1 atom stereocenters. The number of hydrogen-bond donors (Lipinski definition) is 4. The minimum atomic E-state index is -1.40. The lowest BCUT2D eigenvalue weighted by Crippen LogP contribution is -2.40. The fraction of sp³-hybridized carbons (Fsp3) is 0.308. The SMILES string of the molecule is NC(=O)C(O)CNC(=O)CCNC(=O)c1ccccc1. The lowest BCUT2D eigenvalue weighted by molar-refractivity contribution is -0.127. The van der Waals surface area contributed by atoms with Crippen molar-refractivity contribution in [1.82, 2.24) is 10.6 Å².